The molecule has 0 radical (unpaired) electrons. The summed E-state index contributed by atoms with van der Waals surface area (Å²) in [7, 11) is -3.90. The number of nitrogens with one attached hydrogen (secondary N) is 2. The van der Waals surface area contributed by atoms with Crippen LogP contribution in [0.25, 0.3) is 0 Å². The first-order valence-corrected chi connectivity index (χ1v) is 10.7. The van der Waals surface area contributed by atoms with Crippen molar-refractivity contribution in [1.29, 1.82) is 0 Å². The van der Waals surface area contributed by atoms with Crippen LogP contribution in [0.4, 0.5) is 10.1 Å². The predicted octanol–water partition coefficient (Wildman–Crippen LogP) is 2.84. The van der Waals surface area contributed by atoms with Crippen LogP contribution >= 0.6 is 0 Å². The van der Waals surface area contributed by atoms with Gasteiger partial charge in [-0.25, -0.2) is 17.6 Å². The maximum atomic E-state index is 12.9. The van der Waals surface area contributed by atoms with E-state index in [4.69, 9.17) is 4.74 Å². The van der Waals surface area contributed by atoms with E-state index in [1.165, 1.54) is 36.4 Å². The number of benzene rings is 2. The molecule has 0 spiro atoms. The highest BCUT2D eigenvalue weighted by atomic mass is 32.2. The molecule has 3 rings (SSSR count). The fourth-order valence-electron chi connectivity index (χ4n) is 3.06. The van der Waals surface area contributed by atoms with Gasteiger partial charge in [-0.2, -0.15) is 0 Å². The minimum absolute atomic E-state index is 0.0719. The second-order valence-corrected chi connectivity index (χ2v) is 8.44. The highest BCUT2D eigenvalue weighted by Crippen LogP contribution is 2.18. The van der Waals surface area contributed by atoms with Crippen LogP contribution in [0.2, 0.25) is 0 Å². The monoisotopic (exact) mass is 420 g/mol. The molecule has 0 heterocycles. The maximum absolute atomic E-state index is 12.9. The molecule has 2 aromatic carbocycles. The van der Waals surface area contributed by atoms with Crippen LogP contribution in [0.5, 0.6) is 0 Å². The zero-order valence-electron chi connectivity index (χ0n) is 15.6. The van der Waals surface area contributed by atoms with Gasteiger partial charge in [-0.05, 0) is 61.4 Å². The van der Waals surface area contributed by atoms with Crippen molar-refractivity contribution in [3.63, 3.8) is 0 Å². The van der Waals surface area contributed by atoms with Crippen LogP contribution in [0, 0.1) is 5.82 Å². The number of sulfonamides is 1. The molecule has 1 aliphatic rings. The fourth-order valence-corrected chi connectivity index (χ4v) is 4.11. The SMILES string of the molecule is O=C(COC(=O)c1ccc(S(=O)(=O)Nc2ccc(F)cc2)cc1)NC1CCCC1. The summed E-state index contributed by atoms with van der Waals surface area (Å²) in [6.07, 6.45) is 4.02. The van der Waals surface area contributed by atoms with Crippen molar-refractivity contribution in [2.24, 2.45) is 0 Å². The minimum atomic E-state index is -3.90. The molecule has 2 N–H and O–H groups in total. The Hall–Kier alpha value is -2.94. The first-order valence-electron chi connectivity index (χ1n) is 9.18. The third-order valence-electron chi connectivity index (χ3n) is 4.55. The van der Waals surface area contributed by atoms with Crippen molar-refractivity contribution in [2.75, 3.05) is 11.3 Å². The Bertz CT molecular complexity index is 969. The lowest BCUT2D eigenvalue weighted by Crippen LogP contribution is -2.35. The molecular formula is C20H21FN2O5S. The molecule has 1 aliphatic carbocycles. The van der Waals surface area contributed by atoms with E-state index in [2.05, 4.69) is 10.0 Å². The van der Waals surface area contributed by atoms with Crippen molar-refractivity contribution in [2.45, 2.75) is 36.6 Å². The number of rotatable bonds is 7. The first-order chi connectivity index (χ1) is 13.8. The molecular weight excluding hydrogens is 399 g/mol. The Kier molecular flexibility index (Phi) is 6.48. The Morgan fingerprint density at radius 2 is 1.62 bits per heavy atom. The Balaban J connectivity index is 1.56. The van der Waals surface area contributed by atoms with Gasteiger partial charge in [0.05, 0.1) is 10.5 Å². The number of hydrogen-bond acceptors (Lipinski definition) is 5. The molecule has 0 atom stereocenters. The maximum Gasteiger partial charge on any atom is 0.338 e. The van der Waals surface area contributed by atoms with Gasteiger partial charge in [0.1, 0.15) is 5.82 Å². The summed E-state index contributed by atoms with van der Waals surface area (Å²) >= 11 is 0. The molecule has 0 saturated heterocycles. The van der Waals surface area contributed by atoms with Crippen LogP contribution in [-0.4, -0.2) is 32.9 Å². The molecule has 154 valence electrons. The number of esters is 1. The standard InChI is InChI=1S/C20H21FN2O5S/c21-15-7-9-17(10-8-15)23-29(26,27)18-11-5-14(6-12-18)20(25)28-13-19(24)22-16-3-1-2-4-16/h5-12,16,23H,1-4,13H2,(H,22,24). The number of halogens is 1. The second kappa shape index (κ2) is 9.04. The van der Waals surface area contributed by atoms with Crippen molar-refractivity contribution in [1.82, 2.24) is 5.32 Å². The lowest BCUT2D eigenvalue weighted by atomic mass is 10.2. The fraction of sp³-hybridized carbons (Fsp3) is 0.300. The van der Waals surface area contributed by atoms with Crippen molar-refractivity contribution < 1.29 is 27.1 Å². The van der Waals surface area contributed by atoms with E-state index in [-0.39, 0.29) is 34.7 Å². The molecule has 1 fully saturated rings. The number of anilines is 1. The average Bonchev–Trinajstić information content (AvgIpc) is 3.21. The lowest BCUT2D eigenvalue weighted by Gasteiger charge is -2.12. The summed E-state index contributed by atoms with van der Waals surface area (Å²) < 4.78 is 45.0. The molecule has 1 amide bonds. The van der Waals surface area contributed by atoms with Crippen LogP contribution in [0.1, 0.15) is 36.0 Å². The Morgan fingerprint density at radius 1 is 1.00 bits per heavy atom. The summed E-state index contributed by atoms with van der Waals surface area (Å²) in [4.78, 5) is 23.8. The smallest absolute Gasteiger partial charge is 0.338 e. The summed E-state index contributed by atoms with van der Waals surface area (Å²) in [6, 6.07) is 10.1. The molecule has 7 nitrogen and oxygen atoms in total. The minimum Gasteiger partial charge on any atom is -0.452 e. The van der Waals surface area contributed by atoms with E-state index in [0.717, 1.165) is 37.8 Å². The van der Waals surface area contributed by atoms with Gasteiger partial charge in [-0.15, -0.1) is 0 Å². The van der Waals surface area contributed by atoms with Crippen LogP contribution in [0.3, 0.4) is 0 Å². The summed E-state index contributed by atoms with van der Waals surface area (Å²) in [6.45, 7) is -0.387. The van der Waals surface area contributed by atoms with E-state index in [9.17, 15) is 22.4 Å². The second-order valence-electron chi connectivity index (χ2n) is 6.76. The molecule has 0 aliphatic heterocycles. The first kappa shape index (κ1) is 20.8. The van der Waals surface area contributed by atoms with Gasteiger partial charge in [0.25, 0.3) is 15.9 Å². The number of ether oxygens (including phenoxy) is 1. The van der Waals surface area contributed by atoms with Gasteiger partial charge in [-0.3, -0.25) is 9.52 Å². The van der Waals surface area contributed by atoms with Crippen molar-refractivity contribution in [3.05, 3.63) is 59.9 Å². The number of carbonyl (C=O) groups is 2. The van der Waals surface area contributed by atoms with Gasteiger partial charge >= 0.3 is 5.97 Å². The van der Waals surface area contributed by atoms with Gasteiger partial charge < -0.3 is 10.1 Å². The Morgan fingerprint density at radius 3 is 2.24 bits per heavy atom. The van der Waals surface area contributed by atoms with Crippen LogP contribution in [-0.2, 0) is 19.6 Å². The Labute approximate surface area is 168 Å². The molecule has 0 unspecified atom stereocenters. The van der Waals surface area contributed by atoms with Crippen molar-refractivity contribution >= 4 is 27.6 Å². The predicted molar refractivity (Wildman–Crippen MR) is 104 cm³/mol. The highest BCUT2D eigenvalue weighted by Gasteiger charge is 2.19. The van der Waals surface area contributed by atoms with Crippen LogP contribution in [0.15, 0.2) is 53.4 Å². The molecule has 0 bridgehead atoms. The van der Waals surface area contributed by atoms with Crippen molar-refractivity contribution in [3.8, 4) is 0 Å². The zero-order chi connectivity index (χ0) is 20.9. The summed E-state index contributed by atoms with van der Waals surface area (Å²) in [5.74, 6) is -1.55. The molecule has 0 aromatic heterocycles. The number of carbonyl (C=O) groups excluding carboxylic acids is 2. The molecule has 29 heavy (non-hydrogen) atoms. The normalized spacial score (nSPS) is 14.4. The van der Waals surface area contributed by atoms with Crippen LogP contribution < -0.4 is 10.0 Å². The van der Waals surface area contributed by atoms with E-state index < -0.39 is 21.8 Å². The third-order valence-corrected chi connectivity index (χ3v) is 5.95. The van der Waals surface area contributed by atoms with E-state index in [1.807, 2.05) is 0 Å². The summed E-state index contributed by atoms with van der Waals surface area (Å²) in [5, 5.41) is 2.81. The quantitative estimate of drug-likeness (QED) is 0.671. The van der Waals surface area contributed by atoms with Gasteiger partial charge in [0.2, 0.25) is 0 Å². The van der Waals surface area contributed by atoms with E-state index >= 15 is 0 Å². The summed E-state index contributed by atoms with van der Waals surface area (Å²) in [5.41, 5.74) is 0.336. The van der Waals surface area contributed by atoms with Gasteiger partial charge in [0, 0.05) is 11.7 Å². The van der Waals surface area contributed by atoms with Gasteiger partial charge in [-0.1, -0.05) is 12.8 Å². The van der Waals surface area contributed by atoms with Gasteiger partial charge in [0.15, 0.2) is 6.61 Å². The van der Waals surface area contributed by atoms with E-state index in [1.54, 1.807) is 0 Å². The van der Waals surface area contributed by atoms with E-state index in [0.29, 0.717) is 0 Å². The molecule has 2 aromatic rings. The zero-order valence-corrected chi connectivity index (χ0v) is 16.4. The molecule has 9 heteroatoms. The largest absolute Gasteiger partial charge is 0.452 e. The number of amides is 1. The third kappa shape index (κ3) is 5.77. The molecule has 1 saturated carbocycles. The lowest BCUT2D eigenvalue weighted by molar-refractivity contribution is -0.124. The number of hydrogen-bond donors (Lipinski definition) is 2. The average molecular weight is 420 g/mol. The topological polar surface area (TPSA) is 102 Å². The highest BCUT2D eigenvalue weighted by molar-refractivity contribution is 7.92.